The number of aromatic hydroxyl groups is 1. The number of carbonyl (C=O) groups excluding carboxylic acids is 1. The van der Waals surface area contributed by atoms with E-state index in [0.717, 1.165) is 5.56 Å². The van der Waals surface area contributed by atoms with E-state index in [-0.39, 0.29) is 16.9 Å². The van der Waals surface area contributed by atoms with Gasteiger partial charge in [0.15, 0.2) is 11.9 Å². The van der Waals surface area contributed by atoms with E-state index < -0.39 is 5.63 Å². The normalized spacial score (nSPS) is 10.7. The van der Waals surface area contributed by atoms with Crippen molar-refractivity contribution >= 4 is 17.3 Å². The first-order valence-corrected chi connectivity index (χ1v) is 5.86. The predicted octanol–water partition coefficient (Wildman–Crippen LogP) is 2.19. The summed E-state index contributed by atoms with van der Waals surface area (Å²) >= 11 is 0. The summed E-state index contributed by atoms with van der Waals surface area (Å²) in [6, 6.07) is 1.35. The lowest BCUT2D eigenvalue weighted by atomic mass is 9.99. The molecule has 0 unspecified atom stereocenters. The van der Waals surface area contributed by atoms with Gasteiger partial charge in [-0.25, -0.2) is 4.79 Å². The van der Waals surface area contributed by atoms with Gasteiger partial charge in [-0.2, -0.15) is 0 Å². The van der Waals surface area contributed by atoms with Gasteiger partial charge in [0.2, 0.25) is 0 Å². The Morgan fingerprint density at radius 1 is 1.47 bits per heavy atom. The van der Waals surface area contributed by atoms with E-state index in [1.807, 2.05) is 6.92 Å². The summed E-state index contributed by atoms with van der Waals surface area (Å²) in [5.41, 5.74) is 0.754. The molecule has 0 bridgehead atoms. The SMILES string of the molecule is CCc1c(C)c(=O)oc2c(C=O)c(O)cc(OC)c12. The molecule has 0 aliphatic rings. The van der Waals surface area contributed by atoms with E-state index in [2.05, 4.69) is 0 Å². The fourth-order valence-electron chi connectivity index (χ4n) is 2.23. The van der Waals surface area contributed by atoms with E-state index in [4.69, 9.17) is 9.15 Å². The topological polar surface area (TPSA) is 76.7 Å². The lowest BCUT2D eigenvalue weighted by Crippen LogP contribution is -2.09. The molecule has 1 heterocycles. The van der Waals surface area contributed by atoms with Crippen LogP contribution in [0.25, 0.3) is 11.0 Å². The molecule has 0 aliphatic carbocycles. The van der Waals surface area contributed by atoms with Gasteiger partial charge in [-0.05, 0) is 18.9 Å². The number of methoxy groups -OCH3 is 1. The quantitative estimate of drug-likeness (QED) is 0.677. The van der Waals surface area contributed by atoms with Crippen molar-refractivity contribution in [3.8, 4) is 11.5 Å². The van der Waals surface area contributed by atoms with Crippen LogP contribution in [0.3, 0.4) is 0 Å². The lowest BCUT2D eigenvalue weighted by molar-refractivity contribution is 0.112. The maximum absolute atomic E-state index is 11.8. The fraction of sp³-hybridized carbons (Fsp3) is 0.286. The van der Waals surface area contributed by atoms with E-state index >= 15 is 0 Å². The number of benzene rings is 1. The smallest absolute Gasteiger partial charge is 0.339 e. The highest BCUT2D eigenvalue weighted by molar-refractivity contribution is 6.01. The number of aldehydes is 1. The van der Waals surface area contributed by atoms with Gasteiger partial charge in [0.05, 0.1) is 18.1 Å². The number of phenolic OH excluding ortho intramolecular Hbond substituents is 1. The molecule has 0 atom stereocenters. The van der Waals surface area contributed by atoms with Gasteiger partial charge in [0.25, 0.3) is 0 Å². The summed E-state index contributed by atoms with van der Waals surface area (Å²) < 4.78 is 10.4. The Bertz CT molecular complexity index is 712. The zero-order valence-electron chi connectivity index (χ0n) is 10.9. The van der Waals surface area contributed by atoms with Crippen LogP contribution in [0, 0.1) is 6.92 Å². The fourth-order valence-corrected chi connectivity index (χ4v) is 2.23. The minimum absolute atomic E-state index is 0.0393. The van der Waals surface area contributed by atoms with Gasteiger partial charge in [-0.3, -0.25) is 4.79 Å². The van der Waals surface area contributed by atoms with Crippen molar-refractivity contribution in [2.24, 2.45) is 0 Å². The standard InChI is InChI=1S/C14H14O5/c1-4-8-7(2)14(17)19-13-9(6-15)10(16)5-11(18-3)12(8)13/h5-6,16H,4H2,1-3H3. The highest BCUT2D eigenvalue weighted by Gasteiger charge is 2.19. The molecular formula is C14H14O5. The van der Waals surface area contributed by atoms with Crippen LogP contribution in [0.2, 0.25) is 0 Å². The van der Waals surface area contributed by atoms with Crippen LogP contribution in [-0.2, 0) is 6.42 Å². The second kappa shape index (κ2) is 4.76. The third kappa shape index (κ3) is 1.87. The van der Waals surface area contributed by atoms with Crippen LogP contribution in [0.4, 0.5) is 0 Å². The van der Waals surface area contributed by atoms with E-state index in [1.54, 1.807) is 6.92 Å². The second-order valence-electron chi connectivity index (χ2n) is 4.18. The lowest BCUT2D eigenvalue weighted by Gasteiger charge is -2.13. The van der Waals surface area contributed by atoms with Gasteiger partial charge in [0.1, 0.15) is 11.5 Å². The monoisotopic (exact) mass is 262 g/mol. The molecule has 0 aliphatic heterocycles. The van der Waals surface area contributed by atoms with Crippen molar-refractivity contribution in [3.05, 3.63) is 33.2 Å². The third-order valence-electron chi connectivity index (χ3n) is 3.21. The number of hydrogen-bond donors (Lipinski definition) is 1. The average Bonchev–Trinajstić information content (AvgIpc) is 2.40. The zero-order valence-corrected chi connectivity index (χ0v) is 10.9. The van der Waals surface area contributed by atoms with Crippen molar-refractivity contribution in [2.45, 2.75) is 20.3 Å². The molecule has 0 saturated carbocycles. The Hall–Kier alpha value is -2.30. The van der Waals surface area contributed by atoms with Gasteiger partial charge in [-0.15, -0.1) is 0 Å². The molecule has 0 saturated heterocycles. The van der Waals surface area contributed by atoms with Gasteiger partial charge < -0.3 is 14.3 Å². The molecule has 1 aromatic carbocycles. The van der Waals surface area contributed by atoms with Crippen molar-refractivity contribution in [2.75, 3.05) is 7.11 Å². The maximum Gasteiger partial charge on any atom is 0.339 e. The molecule has 0 radical (unpaired) electrons. The molecule has 5 nitrogen and oxygen atoms in total. The molecule has 2 aromatic rings. The van der Waals surface area contributed by atoms with E-state index in [9.17, 15) is 14.7 Å². The molecule has 2 rings (SSSR count). The highest BCUT2D eigenvalue weighted by atomic mass is 16.5. The summed E-state index contributed by atoms with van der Waals surface area (Å²) in [5, 5.41) is 10.3. The van der Waals surface area contributed by atoms with Gasteiger partial charge in [-0.1, -0.05) is 6.92 Å². The zero-order chi connectivity index (χ0) is 14.2. The Morgan fingerprint density at radius 2 is 2.16 bits per heavy atom. The first kappa shape index (κ1) is 13.1. The van der Waals surface area contributed by atoms with Crippen LogP contribution in [0.15, 0.2) is 15.3 Å². The second-order valence-corrected chi connectivity index (χ2v) is 4.18. The van der Waals surface area contributed by atoms with Crippen molar-refractivity contribution < 1.29 is 19.1 Å². The van der Waals surface area contributed by atoms with Crippen LogP contribution < -0.4 is 10.4 Å². The Morgan fingerprint density at radius 3 is 2.68 bits per heavy atom. The van der Waals surface area contributed by atoms with Crippen LogP contribution in [-0.4, -0.2) is 18.5 Å². The molecule has 100 valence electrons. The van der Waals surface area contributed by atoms with E-state index in [1.165, 1.54) is 13.2 Å². The molecule has 19 heavy (non-hydrogen) atoms. The predicted molar refractivity (Wildman–Crippen MR) is 70.2 cm³/mol. The van der Waals surface area contributed by atoms with Gasteiger partial charge >= 0.3 is 5.63 Å². The number of hydrogen-bond acceptors (Lipinski definition) is 5. The van der Waals surface area contributed by atoms with Crippen LogP contribution in [0.1, 0.15) is 28.4 Å². The number of aryl methyl sites for hydroxylation is 1. The number of fused-ring (bicyclic) bond motifs is 1. The average molecular weight is 262 g/mol. The molecule has 1 aromatic heterocycles. The van der Waals surface area contributed by atoms with Crippen LogP contribution >= 0.6 is 0 Å². The van der Waals surface area contributed by atoms with E-state index in [0.29, 0.717) is 29.4 Å². The summed E-state index contributed by atoms with van der Waals surface area (Å²) in [6.07, 6.45) is 1.06. The number of ether oxygens (including phenoxy) is 1. The molecular weight excluding hydrogens is 248 g/mol. The minimum Gasteiger partial charge on any atom is -0.507 e. The summed E-state index contributed by atoms with van der Waals surface area (Å²) in [7, 11) is 1.45. The maximum atomic E-state index is 11.8. The molecule has 0 amide bonds. The molecule has 1 N–H and O–H groups in total. The van der Waals surface area contributed by atoms with Gasteiger partial charge in [0, 0.05) is 11.6 Å². The van der Waals surface area contributed by atoms with Crippen molar-refractivity contribution in [3.63, 3.8) is 0 Å². The minimum atomic E-state index is -0.514. The summed E-state index contributed by atoms with van der Waals surface area (Å²) in [4.78, 5) is 22.9. The summed E-state index contributed by atoms with van der Waals surface area (Å²) in [6.45, 7) is 3.56. The third-order valence-corrected chi connectivity index (χ3v) is 3.21. The number of rotatable bonds is 3. The van der Waals surface area contributed by atoms with Crippen LogP contribution in [0.5, 0.6) is 11.5 Å². The Labute approximate surface area is 109 Å². The Kier molecular flexibility index (Phi) is 3.29. The number of carbonyl (C=O) groups is 1. The number of phenols is 1. The highest BCUT2D eigenvalue weighted by Crippen LogP contribution is 2.36. The van der Waals surface area contributed by atoms with Crippen molar-refractivity contribution in [1.82, 2.24) is 0 Å². The molecule has 0 spiro atoms. The van der Waals surface area contributed by atoms with Crippen molar-refractivity contribution in [1.29, 1.82) is 0 Å². The first-order chi connectivity index (χ1) is 9.04. The molecule has 5 heteroatoms. The Balaban J connectivity index is 3.12. The first-order valence-electron chi connectivity index (χ1n) is 5.86. The summed E-state index contributed by atoms with van der Waals surface area (Å²) in [5.74, 6) is 0.107. The molecule has 0 fully saturated rings. The largest absolute Gasteiger partial charge is 0.507 e.